The predicted molar refractivity (Wildman–Crippen MR) is 60.9 cm³/mol. The van der Waals surface area contributed by atoms with Crippen LogP contribution in [-0.4, -0.2) is 11.4 Å². The zero-order chi connectivity index (χ0) is 10.9. The van der Waals surface area contributed by atoms with E-state index in [-0.39, 0.29) is 5.91 Å². The minimum atomic E-state index is -0.653. The van der Waals surface area contributed by atoms with E-state index >= 15 is 0 Å². The van der Waals surface area contributed by atoms with Crippen LogP contribution in [0.5, 0.6) is 0 Å². The number of carbonyl (C=O) groups excluding carboxylic acids is 1. The lowest BCUT2D eigenvalue weighted by atomic mass is 9.77. The number of benzene rings is 1. The van der Waals surface area contributed by atoms with E-state index in [2.05, 4.69) is 5.32 Å². The maximum absolute atomic E-state index is 11.7. The number of carbonyl (C=O) groups is 1. The molecule has 1 aliphatic carbocycles. The Morgan fingerprint density at radius 1 is 1.33 bits per heavy atom. The molecule has 1 fully saturated rings. The first-order chi connectivity index (χ1) is 7.10. The van der Waals surface area contributed by atoms with Crippen LogP contribution in [0.15, 0.2) is 24.3 Å². The van der Waals surface area contributed by atoms with Gasteiger partial charge in [0, 0.05) is 10.7 Å². The van der Waals surface area contributed by atoms with Crippen molar-refractivity contribution in [3.8, 4) is 0 Å². The summed E-state index contributed by atoms with van der Waals surface area (Å²) in [5.41, 5.74) is 5.97. The molecule has 0 aliphatic heterocycles. The van der Waals surface area contributed by atoms with Crippen molar-refractivity contribution in [3.05, 3.63) is 29.3 Å². The SMILES string of the molecule is NC1(C(=O)Nc2ccc(Cl)cc2)CCC1. The highest BCUT2D eigenvalue weighted by molar-refractivity contribution is 6.30. The van der Waals surface area contributed by atoms with Crippen molar-refractivity contribution in [2.75, 3.05) is 5.32 Å². The average molecular weight is 225 g/mol. The highest BCUT2D eigenvalue weighted by Gasteiger charge is 2.39. The van der Waals surface area contributed by atoms with Crippen molar-refractivity contribution in [2.45, 2.75) is 24.8 Å². The Morgan fingerprint density at radius 2 is 1.93 bits per heavy atom. The van der Waals surface area contributed by atoms with E-state index in [0.717, 1.165) is 24.9 Å². The third kappa shape index (κ3) is 2.13. The summed E-state index contributed by atoms with van der Waals surface area (Å²) >= 11 is 5.74. The molecule has 1 aliphatic rings. The van der Waals surface area contributed by atoms with Crippen LogP contribution in [-0.2, 0) is 4.79 Å². The molecule has 2 rings (SSSR count). The van der Waals surface area contributed by atoms with Crippen LogP contribution < -0.4 is 11.1 Å². The number of nitrogens with one attached hydrogen (secondary N) is 1. The lowest BCUT2D eigenvalue weighted by Gasteiger charge is -2.36. The predicted octanol–water partition coefficient (Wildman–Crippen LogP) is 2.16. The maximum atomic E-state index is 11.7. The van der Waals surface area contributed by atoms with Crippen molar-refractivity contribution in [3.63, 3.8) is 0 Å². The Balaban J connectivity index is 2.02. The van der Waals surface area contributed by atoms with Crippen molar-refractivity contribution < 1.29 is 4.79 Å². The van der Waals surface area contributed by atoms with Gasteiger partial charge in [-0.15, -0.1) is 0 Å². The molecular formula is C11H13ClN2O. The minimum absolute atomic E-state index is 0.101. The fraction of sp³-hybridized carbons (Fsp3) is 0.364. The number of amides is 1. The third-order valence-corrected chi connectivity index (χ3v) is 3.05. The molecule has 3 N–H and O–H groups in total. The molecule has 3 nitrogen and oxygen atoms in total. The first-order valence-corrected chi connectivity index (χ1v) is 5.34. The second-order valence-electron chi connectivity index (χ2n) is 3.97. The van der Waals surface area contributed by atoms with Crippen molar-refractivity contribution in [1.82, 2.24) is 0 Å². The largest absolute Gasteiger partial charge is 0.324 e. The van der Waals surface area contributed by atoms with Gasteiger partial charge in [0.1, 0.15) is 0 Å². The van der Waals surface area contributed by atoms with Gasteiger partial charge < -0.3 is 11.1 Å². The van der Waals surface area contributed by atoms with E-state index in [4.69, 9.17) is 17.3 Å². The van der Waals surface area contributed by atoms with Crippen LogP contribution in [0.4, 0.5) is 5.69 Å². The van der Waals surface area contributed by atoms with E-state index in [1.165, 1.54) is 0 Å². The van der Waals surface area contributed by atoms with Crippen LogP contribution in [0.2, 0.25) is 5.02 Å². The number of anilines is 1. The van der Waals surface area contributed by atoms with Crippen molar-refractivity contribution in [1.29, 1.82) is 0 Å². The third-order valence-electron chi connectivity index (χ3n) is 2.80. The summed E-state index contributed by atoms with van der Waals surface area (Å²) < 4.78 is 0. The van der Waals surface area contributed by atoms with Crippen LogP contribution in [0, 0.1) is 0 Å². The Kier molecular flexibility index (Phi) is 2.67. The molecule has 1 aromatic carbocycles. The Bertz CT molecular complexity index is 371. The smallest absolute Gasteiger partial charge is 0.244 e. The van der Waals surface area contributed by atoms with E-state index < -0.39 is 5.54 Å². The van der Waals surface area contributed by atoms with Crippen molar-refractivity contribution in [2.24, 2.45) is 5.73 Å². The quantitative estimate of drug-likeness (QED) is 0.809. The van der Waals surface area contributed by atoms with Crippen LogP contribution in [0.3, 0.4) is 0 Å². The van der Waals surface area contributed by atoms with E-state index in [1.54, 1.807) is 24.3 Å². The maximum Gasteiger partial charge on any atom is 0.244 e. The van der Waals surface area contributed by atoms with E-state index in [1.807, 2.05) is 0 Å². The van der Waals surface area contributed by atoms with Crippen LogP contribution in [0.25, 0.3) is 0 Å². The molecule has 1 aromatic rings. The van der Waals surface area contributed by atoms with Gasteiger partial charge in [0.05, 0.1) is 5.54 Å². The average Bonchev–Trinajstić information content (AvgIpc) is 2.18. The van der Waals surface area contributed by atoms with Crippen LogP contribution >= 0.6 is 11.6 Å². The highest BCUT2D eigenvalue weighted by Crippen LogP contribution is 2.30. The fourth-order valence-electron chi connectivity index (χ4n) is 1.57. The van der Waals surface area contributed by atoms with Gasteiger partial charge in [-0.1, -0.05) is 11.6 Å². The Labute approximate surface area is 93.6 Å². The van der Waals surface area contributed by atoms with Crippen LogP contribution in [0.1, 0.15) is 19.3 Å². The van der Waals surface area contributed by atoms with E-state index in [0.29, 0.717) is 5.02 Å². The molecule has 0 aromatic heterocycles. The van der Waals surface area contributed by atoms with Gasteiger partial charge >= 0.3 is 0 Å². The number of nitrogens with two attached hydrogens (primary N) is 1. The monoisotopic (exact) mass is 224 g/mol. The molecule has 1 saturated carbocycles. The second kappa shape index (κ2) is 3.83. The van der Waals surface area contributed by atoms with Gasteiger partial charge in [-0.3, -0.25) is 4.79 Å². The molecule has 0 spiro atoms. The highest BCUT2D eigenvalue weighted by atomic mass is 35.5. The summed E-state index contributed by atoms with van der Waals surface area (Å²) in [5.74, 6) is -0.101. The number of hydrogen-bond donors (Lipinski definition) is 2. The number of rotatable bonds is 2. The summed E-state index contributed by atoms with van der Waals surface area (Å²) in [5, 5.41) is 3.44. The topological polar surface area (TPSA) is 55.1 Å². The first kappa shape index (κ1) is 10.5. The summed E-state index contributed by atoms with van der Waals surface area (Å²) in [6, 6.07) is 7.01. The Hall–Kier alpha value is -1.06. The lowest BCUT2D eigenvalue weighted by Crippen LogP contribution is -2.56. The molecule has 0 unspecified atom stereocenters. The molecule has 0 bridgehead atoms. The molecule has 0 radical (unpaired) electrons. The first-order valence-electron chi connectivity index (χ1n) is 4.96. The summed E-state index contributed by atoms with van der Waals surface area (Å²) in [7, 11) is 0. The lowest BCUT2D eigenvalue weighted by molar-refractivity contribution is -0.123. The Morgan fingerprint density at radius 3 is 2.40 bits per heavy atom. The fourth-order valence-corrected chi connectivity index (χ4v) is 1.70. The minimum Gasteiger partial charge on any atom is -0.324 e. The zero-order valence-corrected chi connectivity index (χ0v) is 9.05. The molecule has 15 heavy (non-hydrogen) atoms. The summed E-state index contributed by atoms with van der Waals surface area (Å²) in [4.78, 5) is 11.7. The molecule has 1 amide bonds. The molecule has 4 heteroatoms. The van der Waals surface area contributed by atoms with Crippen molar-refractivity contribution >= 4 is 23.2 Å². The summed E-state index contributed by atoms with van der Waals surface area (Å²) in [6.45, 7) is 0. The van der Waals surface area contributed by atoms with Gasteiger partial charge in [0.25, 0.3) is 0 Å². The van der Waals surface area contributed by atoms with Gasteiger partial charge in [-0.05, 0) is 43.5 Å². The van der Waals surface area contributed by atoms with Gasteiger partial charge in [0.2, 0.25) is 5.91 Å². The molecular weight excluding hydrogens is 212 g/mol. The number of hydrogen-bond acceptors (Lipinski definition) is 2. The summed E-state index contributed by atoms with van der Waals surface area (Å²) in [6.07, 6.45) is 2.57. The molecule has 80 valence electrons. The number of halogens is 1. The van der Waals surface area contributed by atoms with E-state index in [9.17, 15) is 4.79 Å². The standard InChI is InChI=1S/C11H13ClN2O/c12-8-2-4-9(5-3-8)14-10(15)11(13)6-1-7-11/h2-5H,1,6-7,13H2,(H,14,15). The van der Waals surface area contributed by atoms with Gasteiger partial charge in [-0.25, -0.2) is 0 Å². The zero-order valence-electron chi connectivity index (χ0n) is 8.29. The normalized spacial score (nSPS) is 18.0. The van der Waals surface area contributed by atoms with Gasteiger partial charge in [-0.2, -0.15) is 0 Å². The second-order valence-corrected chi connectivity index (χ2v) is 4.41. The molecule has 0 saturated heterocycles. The van der Waals surface area contributed by atoms with Gasteiger partial charge in [0.15, 0.2) is 0 Å². The molecule has 0 heterocycles. The molecule has 0 atom stereocenters.